The van der Waals surface area contributed by atoms with Crippen LogP contribution < -0.4 is 69.5 Å². The number of nitrogens with zero attached hydrogens (tertiary/aromatic N) is 3. The Bertz CT molecular complexity index is 3210. The fourth-order valence-corrected chi connectivity index (χ4v) is 11.7. The third-order valence-electron chi connectivity index (χ3n) is 16.6. The largest absolute Gasteiger partial charge is 0.481 e. The number of carbonyl (C=O) groups excluding carboxylic acids is 14. The van der Waals surface area contributed by atoms with Crippen LogP contribution in [0.2, 0.25) is 0 Å². The molecule has 104 heavy (non-hydrogen) atoms. The van der Waals surface area contributed by atoms with E-state index in [0.29, 0.717) is 18.5 Å². The van der Waals surface area contributed by atoms with E-state index in [-0.39, 0.29) is 80.9 Å². The summed E-state index contributed by atoms with van der Waals surface area (Å²) in [5, 5.41) is 68.3. The number of hydrogen-bond donors (Lipinski definition) is 20. The second-order valence-electron chi connectivity index (χ2n) is 27.2. The summed E-state index contributed by atoms with van der Waals surface area (Å²) < 4.78 is 0. The smallest absolute Gasteiger partial charge is 0.327 e. The summed E-state index contributed by atoms with van der Waals surface area (Å²) in [6.45, 7) is 14.4. The van der Waals surface area contributed by atoms with Gasteiger partial charge in [0.15, 0.2) is 0 Å². The van der Waals surface area contributed by atoms with Crippen LogP contribution >= 0.6 is 25.3 Å². The number of thiol groups is 2. The Hall–Kier alpha value is -9.18. The maximum atomic E-state index is 14.2. The van der Waals surface area contributed by atoms with Crippen LogP contribution in [0.4, 0.5) is 0 Å². The molecule has 0 aromatic carbocycles. The lowest BCUT2D eigenvalue weighted by Crippen LogP contribution is -2.61. The van der Waals surface area contributed by atoms with E-state index in [0.717, 1.165) is 9.80 Å². The molecular weight excluding hydrogens is 1410 g/mol. The summed E-state index contributed by atoms with van der Waals surface area (Å²) in [5.41, 5.74) is 6.49. The number of nitrogens with one attached hydrogen (secondary N) is 13. The highest BCUT2D eigenvalue weighted by atomic mass is 32.1. The first kappa shape index (κ1) is 89.0. The number of aromatic amines is 1. The van der Waals surface area contributed by atoms with Crippen LogP contribution in [0, 0.1) is 23.7 Å². The van der Waals surface area contributed by atoms with Gasteiger partial charge in [-0.25, -0.2) is 9.78 Å². The zero-order chi connectivity index (χ0) is 78.6. The monoisotopic (exact) mass is 1510 g/mol. The standard InChI is InChI=1S/C64H103N17O21S2/c1-29(2)17-36(65)53(90)72-39(20-35-23-66-28-69-35)55(92)70-33(9)52(89)76-41(22-49(87)88)62(99)80-15-11-13-44(80)58(95)74-40(21-48(85)86)57(94)73-37(18-30(3)4)54(91)67-25-47(84)78-50(32(7)8)61(98)75-38(19-31(5)6)56(93)77-42(26-103)63(100)81-16-12-14-45(81)59(96)79-51(34(10)82)60(97)68-24-46(83)71-43(27-104)64(101)102/h23,28-34,36-45,50-51,82,103-104H,11-22,24-27,65H2,1-10H3,(H,66,69)(H,67,91)(H,68,97)(H,70,92)(H,71,83)(H,72,90)(H,73,94)(H,74,95)(H,75,98)(H,76,89)(H,77,93)(H,78,84)(H,79,96)(H,85,86)(H,87,88)(H,101,102)/t33-,34+,36-,37-,38-,39-,40-,41-,42-,43-,44-,45-,50-,51-/m0/s1. The van der Waals surface area contributed by atoms with Gasteiger partial charge in [-0.05, 0) is 82.5 Å². The molecule has 2 saturated heterocycles. The van der Waals surface area contributed by atoms with Crippen LogP contribution in [-0.4, -0.2) is 263 Å². The molecule has 0 radical (unpaired) electrons. The average Bonchev–Trinajstić information content (AvgIpc) is 1.67. The Morgan fingerprint density at radius 1 is 0.500 bits per heavy atom. The zero-order valence-electron chi connectivity index (χ0n) is 59.9. The number of nitrogens with two attached hydrogens (primary N) is 1. The molecule has 2 aliphatic heterocycles. The van der Waals surface area contributed by atoms with Crippen LogP contribution in [0.3, 0.4) is 0 Å². The fraction of sp³-hybridized carbons (Fsp3) is 0.688. The van der Waals surface area contributed by atoms with Crippen LogP contribution in [0.1, 0.15) is 133 Å². The van der Waals surface area contributed by atoms with E-state index < -0.39 is 217 Å². The molecule has 0 aliphatic carbocycles. The van der Waals surface area contributed by atoms with Gasteiger partial charge >= 0.3 is 17.9 Å². The van der Waals surface area contributed by atoms with Gasteiger partial charge in [-0.3, -0.25) is 76.7 Å². The number of imidazole rings is 1. The molecule has 1 aromatic rings. The van der Waals surface area contributed by atoms with E-state index in [9.17, 15) is 102 Å². The van der Waals surface area contributed by atoms with E-state index in [1.165, 1.54) is 26.4 Å². The predicted molar refractivity (Wildman–Crippen MR) is 375 cm³/mol. The van der Waals surface area contributed by atoms with E-state index in [2.05, 4.69) is 99.0 Å². The minimum atomic E-state index is -1.90. The Kier molecular flexibility index (Phi) is 37.0. The Labute approximate surface area is 612 Å². The summed E-state index contributed by atoms with van der Waals surface area (Å²) in [5.74, 6) is -19.2. The van der Waals surface area contributed by atoms with Crippen molar-refractivity contribution in [1.82, 2.24) is 83.6 Å². The van der Waals surface area contributed by atoms with Crippen molar-refractivity contribution in [2.24, 2.45) is 29.4 Å². The number of hydrogen-bond acceptors (Lipinski definition) is 22. The van der Waals surface area contributed by atoms with Gasteiger partial charge in [0.1, 0.15) is 72.5 Å². The molecule has 14 atom stereocenters. The van der Waals surface area contributed by atoms with Crippen molar-refractivity contribution in [3.63, 3.8) is 0 Å². The Morgan fingerprint density at radius 3 is 1.44 bits per heavy atom. The van der Waals surface area contributed by atoms with Crippen molar-refractivity contribution < 1.29 is 102 Å². The lowest BCUT2D eigenvalue weighted by Gasteiger charge is -2.31. The van der Waals surface area contributed by atoms with Crippen molar-refractivity contribution >= 4 is 126 Å². The lowest BCUT2D eigenvalue weighted by molar-refractivity contribution is -0.146. The number of aliphatic carboxylic acids is 3. The average molecular weight is 1510 g/mol. The summed E-state index contributed by atoms with van der Waals surface area (Å²) in [4.78, 5) is 236. The predicted octanol–water partition coefficient (Wildman–Crippen LogP) is -5.57. The molecule has 2 aliphatic rings. The van der Waals surface area contributed by atoms with Gasteiger partial charge in [0, 0.05) is 42.9 Å². The SMILES string of the molecule is CC(C)C[C@H](NC(=O)[C@H](CC(=O)O)NC(=O)[C@@H]1CCCN1C(=O)[C@H](CC(=O)O)NC(=O)[C@H](C)NC(=O)[C@H](Cc1cnc[nH]1)NC(=O)[C@@H](N)CC(C)C)C(=O)NCC(=O)N[C@H](C(=O)N[C@@H](CC(C)C)C(=O)N[C@@H](CS)C(=O)N1CCC[C@H]1C(=O)N[C@H](C(=O)NCC(=O)N[C@@H](CS)C(=O)O)[C@@H](C)O)C(C)C. The molecule has 14 amide bonds. The van der Waals surface area contributed by atoms with E-state index in [1.807, 2.05) is 13.8 Å². The van der Waals surface area contributed by atoms with Crippen molar-refractivity contribution in [3.8, 4) is 0 Å². The molecule has 582 valence electrons. The zero-order valence-corrected chi connectivity index (χ0v) is 61.7. The quantitative estimate of drug-likeness (QED) is 0.0271. The highest BCUT2D eigenvalue weighted by Crippen LogP contribution is 2.22. The summed E-state index contributed by atoms with van der Waals surface area (Å²) in [6.07, 6.45) is -0.268. The fourth-order valence-electron chi connectivity index (χ4n) is 11.2. The number of rotatable bonds is 43. The van der Waals surface area contributed by atoms with Crippen molar-refractivity contribution in [3.05, 3.63) is 18.2 Å². The van der Waals surface area contributed by atoms with Crippen LogP contribution in [-0.2, 0) is 87.9 Å². The van der Waals surface area contributed by atoms with Gasteiger partial charge in [0.2, 0.25) is 82.7 Å². The van der Waals surface area contributed by atoms with E-state index in [1.54, 1.807) is 41.5 Å². The second-order valence-corrected chi connectivity index (χ2v) is 28.0. The first-order chi connectivity index (χ1) is 48.7. The molecule has 3 heterocycles. The summed E-state index contributed by atoms with van der Waals surface area (Å²) in [6, 6.07) is -18.7. The molecule has 2 fully saturated rings. The van der Waals surface area contributed by atoms with Gasteiger partial charge in [-0.15, -0.1) is 0 Å². The maximum absolute atomic E-state index is 14.2. The third-order valence-corrected chi connectivity index (χ3v) is 17.3. The van der Waals surface area contributed by atoms with Gasteiger partial charge in [-0.1, -0.05) is 55.4 Å². The number of aliphatic hydroxyl groups excluding tert-OH is 1. The van der Waals surface area contributed by atoms with Crippen molar-refractivity contribution in [1.29, 1.82) is 0 Å². The van der Waals surface area contributed by atoms with Gasteiger partial charge in [0.25, 0.3) is 0 Å². The molecule has 40 heteroatoms. The van der Waals surface area contributed by atoms with Gasteiger partial charge in [0.05, 0.1) is 44.4 Å². The highest BCUT2D eigenvalue weighted by molar-refractivity contribution is 7.80. The lowest BCUT2D eigenvalue weighted by atomic mass is 9.99. The number of aliphatic hydroxyl groups is 1. The minimum Gasteiger partial charge on any atom is -0.481 e. The number of aromatic nitrogens is 2. The van der Waals surface area contributed by atoms with Crippen LogP contribution in [0.5, 0.6) is 0 Å². The maximum Gasteiger partial charge on any atom is 0.327 e. The number of likely N-dealkylation sites (tertiary alicyclic amines) is 2. The molecule has 19 N–H and O–H groups in total. The van der Waals surface area contributed by atoms with E-state index >= 15 is 0 Å². The van der Waals surface area contributed by atoms with Crippen molar-refractivity contribution in [2.75, 3.05) is 37.7 Å². The van der Waals surface area contributed by atoms with Gasteiger partial charge < -0.3 is 105 Å². The first-order valence-electron chi connectivity index (χ1n) is 34.2. The summed E-state index contributed by atoms with van der Waals surface area (Å²) >= 11 is 8.15. The van der Waals surface area contributed by atoms with Crippen molar-refractivity contribution in [2.45, 2.75) is 218 Å². The Morgan fingerprint density at radius 2 is 0.952 bits per heavy atom. The number of H-pyrrole nitrogens is 1. The van der Waals surface area contributed by atoms with Crippen LogP contribution in [0.15, 0.2) is 12.5 Å². The van der Waals surface area contributed by atoms with E-state index in [4.69, 9.17) is 5.73 Å². The molecule has 0 bridgehead atoms. The molecule has 0 unspecified atom stereocenters. The molecule has 38 nitrogen and oxygen atoms in total. The molecule has 0 spiro atoms. The molecule has 1 aromatic heterocycles. The normalized spacial score (nSPS) is 17.7. The number of carboxylic acids is 3. The summed E-state index contributed by atoms with van der Waals surface area (Å²) in [7, 11) is 0. The molecule has 0 saturated carbocycles. The Balaban J connectivity index is 1.70. The molecular formula is C64H103N17O21S2. The first-order valence-corrected chi connectivity index (χ1v) is 35.4. The highest BCUT2D eigenvalue weighted by Gasteiger charge is 2.43. The topological polar surface area (TPSA) is 577 Å². The number of carboxylic acid groups (broad SMARTS) is 3. The number of amides is 14. The van der Waals surface area contributed by atoms with Crippen LogP contribution in [0.25, 0.3) is 0 Å². The minimum absolute atomic E-state index is 0.00456. The van der Waals surface area contributed by atoms with Gasteiger partial charge in [-0.2, -0.15) is 25.3 Å². The number of carbonyl (C=O) groups is 17. The second kappa shape index (κ2) is 43.2. The molecule has 3 rings (SSSR count). The third kappa shape index (κ3) is 29.2.